The predicted molar refractivity (Wildman–Crippen MR) is 100 cm³/mol. The minimum Gasteiger partial charge on any atom is -0.465 e. The van der Waals surface area contributed by atoms with Gasteiger partial charge in [0, 0.05) is 32.2 Å². The number of benzene rings is 2. The van der Waals surface area contributed by atoms with Crippen LogP contribution in [0.3, 0.4) is 0 Å². The standard InChI is InChI=1S/C20H19F2N3O4/c1-28-19(26)12-2-5-18(16(22)8-12)29-14-3-4-17(15(21)9-14)25-11-13-10-23-6-7-24(13)20(25)27/h2-5,8-9,13,23H,6-7,10-11H2,1H3. The first-order chi connectivity index (χ1) is 14.0. The summed E-state index contributed by atoms with van der Waals surface area (Å²) < 4.78 is 38.8. The van der Waals surface area contributed by atoms with E-state index in [2.05, 4.69) is 10.1 Å². The molecule has 7 nitrogen and oxygen atoms in total. The topological polar surface area (TPSA) is 71.1 Å². The molecule has 1 N–H and O–H groups in total. The Morgan fingerprint density at radius 3 is 2.69 bits per heavy atom. The van der Waals surface area contributed by atoms with Crippen molar-refractivity contribution in [2.45, 2.75) is 6.04 Å². The second kappa shape index (κ2) is 7.67. The number of nitrogens with zero attached hydrogens (tertiary/aromatic N) is 2. The zero-order valence-corrected chi connectivity index (χ0v) is 15.7. The number of carbonyl (C=O) groups is 2. The second-order valence-corrected chi connectivity index (χ2v) is 6.80. The molecule has 2 amide bonds. The molecule has 9 heteroatoms. The summed E-state index contributed by atoms with van der Waals surface area (Å²) in [5.41, 5.74) is 0.190. The highest BCUT2D eigenvalue weighted by Crippen LogP contribution is 2.32. The molecular weight excluding hydrogens is 384 g/mol. The monoisotopic (exact) mass is 403 g/mol. The Kier molecular flexibility index (Phi) is 5.06. The fraction of sp³-hybridized carbons (Fsp3) is 0.300. The molecule has 1 unspecified atom stereocenters. The predicted octanol–water partition coefficient (Wildman–Crippen LogP) is 2.76. The number of esters is 1. The van der Waals surface area contributed by atoms with Crippen molar-refractivity contribution in [2.24, 2.45) is 0 Å². The first kappa shape index (κ1) is 19.1. The Hall–Kier alpha value is -3.20. The summed E-state index contributed by atoms with van der Waals surface area (Å²) >= 11 is 0. The summed E-state index contributed by atoms with van der Waals surface area (Å²) in [5.74, 6) is -2.19. The highest BCUT2D eigenvalue weighted by atomic mass is 19.1. The van der Waals surface area contributed by atoms with Crippen molar-refractivity contribution in [3.05, 3.63) is 53.6 Å². The normalized spacial score (nSPS) is 18.6. The Labute approximate surface area is 165 Å². The van der Waals surface area contributed by atoms with Crippen molar-refractivity contribution in [2.75, 3.05) is 38.2 Å². The molecule has 2 aromatic rings. The number of carbonyl (C=O) groups excluding carboxylic acids is 2. The van der Waals surface area contributed by atoms with Crippen molar-refractivity contribution in [1.82, 2.24) is 10.2 Å². The average Bonchev–Trinajstić information content (AvgIpc) is 3.05. The molecule has 2 aliphatic heterocycles. The number of rotatable bonds is 4. The molecule has 2 fully saturated rings. The third-order valence-electron chi connectivity index (χ3n) is 5.01. The van der Waals surface area contributed by atoms with Gasteiger partial charge in [-0.15, -0.1) is 0 Å². The highest BCUT2D eigenvalue weighted by Gasteiger charge is 2.40. The largest absolute Gasteiger partial charge is 0.465 e. The number of hydrogen-bond acceptors (Lipinski definition) is 5. The van der Waals surface area contributed by atoms with Gasteiger partial charge in [-0.1, -0.05) is 0 Å². The summed E-state index contributed by atoms with van der Waals surface area (Å²) in [6.07, 6.45) is 0. The number of urea groups is 1. The van der Waals surface area contributed by atoms with Crippen molar-refractivity contribution < 1.29 is 27.8 Å². The molecule has 0 saturated carbocycles. The number of halogens is 2. The lowest BCUT2D eigenvalue weighted by atomic mass is 10.2. The number of ether oxygens (including phenoxy) is 2. The quantitative estimate of drug-likeness (QED) is 0.795. The summed E-state index contributed by atoms with van der Waals surface area (Å²) in [6, 6.07) is 7.39. The summed E-state index contributed by atoms with van der Waals surface area (Å²) in [7, 11) is 1.20. The van der Waals surface area contributed by atoms with Crippen molar-refractivity contribution in [1.29, 1.82) is 0 Å². The molecule has 0 radical (unpaired) electrons. The Morgan fingerprint density at radius 2 is 2.00 bits per heavy atom. The molecule has 0 bridgehead atoms. The van der Waals surface area contributed by atoms with E-state index in [9.17, 15) is 18.4 Å². The number of piperazine rings is 1. The summed E-state index contributed by atoms with van der Waals surface area (Å²) in [4.78, 5) is 27.1. The third kappa shape index (κ3) is 3.61. The molecule has 2 aromatic carbocycles. The van der Waals surface area contributed by atoms with Crippen molar-refractivity contribution in [3.8, 4) is 11.5 Å². The van der Waals surface area contributed by atoms with Crippen LogP contribution in [0.4, 0.5) is 19.3 Å². The van der Waals surface area contributed by atoms with E-state index in [4.69, 9.17) is 4.74 Å². The van der Waals surface area contributed by atoms with Crippen molar-refractivity contribution in [3.63, 3.8) is 0 Å². The van der Waals surface area contributed by atoms with Gasteiger partial charge < -0.3 is 19.7 Å². The lowest BCUT2D eigenvalue weighted by Gasteiger charge is -2.28. The van der Waals surface area contributed by atoms with Gasteiger partial charge in [-0.3, -0.25) is 4.90 Å². The van der Waals surface area contributed by atoms with Crippen LogP contribution in [0.15, 0.2) is 36.4 Å². The Balaban J connectivity index is 1.52. The number of fused-ring (bicyclic) bond motifs is 1. The van der Waals surface area contributed by atoms with Gasteiger partial charge in [0.2, 0.25) is 0 Å². The molecule has 2 heterocycles. The van der Waals surface area contributed by atoms with Gasteiger partial charge in [-0.05, 0) is 30.3 Å². The maximum Gasteiger partial charge on any atom is 0.337 e. The minimum absolute atomic E-state index is 0.00833. The summed E-state index contributed by atoms with van der Waals surface area (Å²) in [6.45, 7) is 2.37. The Bertz CT molecular complexity index is 969. The number of methoxy groups -OCH3 is 1. The van der Waals surface area contributed by atoms with Gasteiger partial charge in [0.15, 0.2) is 17.4 Å². The van der Waals surface area contributed by atoms with Gasteiger partial charge >= 0.3 is 12.0 Å². The van der Waals surface area contributed by atoms with E-state index in [0.717, 1.165) is 12.1 Å². The number of nitrogens with one attached hydrogen (secondary N) is 1. The molecule has 2 aliphatic rings. The van der Waals surface area contributed by atoms with Crippen LogP contribution in [-0.2, 0) is 4.74 Å². The van der Waals surface area contributed by atoms with Gasteiger partial charge in [-0.2, -0.15) is 0 Å². The smallest absolute Gasteiger partial charge is 0.337 e. The van der Waals surface area contributed by atoms with Crippen LogP contribution in [0.1, 0.15) is 10.4 Å². The van der Waals surface area contributed by atoms with Crippen LogP contribution in [-0.4, -0.2) is 56.2 Å². The molecule has 29 heavy (non-hydrogen) atoms. The van der Waals surface area contributed by atoms with Crippen LogP contribution in [0.2, 0.25) is 0 Å². The van der Waals surface area contributed by atoms with Crippen LogP contribution in [0, 0.1) is 11.6 Å². The zero-order chi connectivity index (χ0) is 20.5. The van der Waals surface area contributed by atoms with E-state index in [-0.39, 0.29) is 34.8 Å². The van der Waals surface area contributed by atoms with Crippen LogP contribution >= 0.6 is 0 Å². The van der Waals surface area contributed by atoms with Crippen LogP contribution < -0.4 is 15.0 Å². The average molecular weight is 403 g/mol. The third-order valence-corrected chi connectivity index (χ3v) is 5.01. The Morgan fingerprint density at radius 1 is 1.17 bits per heavy atom. The molecule has 0 aromatic heterocycles. The van der Waals surface area contributed by atoms with Crippen molar-refractivity contribution >= 4 is 17.7 Å². The fourth-order valence-electron chi connectivity index (χ4n) is 3.55. The van der Waals surface area contributed by atoms with E-state index < -0.39 is 17.6 Å². The van der Waals surface area contributed by atoms with E-state index in [0.29, 0.717) is 26.2 Å². The first-order valence-corrected chi connectivity index (χ1v) is 9.12. The maximum atomic E-state index is 14.7. The minimum atomic E-state index is -0.781. The number of anilines is 1. The van der Waals surface area contributed by atoms with E-state index >= 15 is 0 Å². The summed E-state index contributed by atoms with van der Waals surface area (Å²) in [5, 5.41) is 3.22. The fourth-order valence-corrected chi connectivity index (χ4v) is 3.55. The van der Waals surface area contributed by atoms with E-state index in [1.807, 2.05) is 0 Å². The molecule has 1 atom stereocenters. The SMILES string of the molecule is COC(=O)c1ccc(Oc2ccc(N3CC4CNCCN4C3=O)c(F)c2)c(F)c1. The van der Waals surface area contributed by atoms with Gasteiger partial charge in [0.25, 0.3) is 0 Å². The van der Waals surface area contributed by atoms with Gasteiger partial charge in [0.05, 0.1) is 24.4 Å². The molecule has 0 spiro atoms. The molecule has 0 aliphatic carbocycles. The highest BCUT2D eigenvalue weighted by molar-refractivity contribution is 5.95. The maximum absolute atomic E-state index is 14.7. The molecular formula is C20H19F2N3O4. The number of amides is 2. The molecule has 152 valence electrons. The molecule has 2 saturated heterocycles. The van der Waals surface area contributed by atoms with Crippen LogP contribution in [0.5, 0.6) is 11.5 Å². The van der Waals surface area contributed by atoms with E-state index in [1.54, 1.807) is 4.90 Å². The lowest BCUT2D eigenvalue weighted by molar-refractivity contribution is 0.0600. The van der Waals surface area contributed by atoms with Gasteiger partial charge in [-0.25, -0.2) is 18.4 Å². The lowest BCUT2D eigenvalue weighted by Crippen LogP contribution is -2.49. The second-order valence-electron chi connectivity index (χ2n) is 6.80. The van der Waals surface area contributed by atoms with Crippen LogP contribution in [0.25, 0.3) is 0 Å². The number of hydrogen-bond donors (Lipinski definition) is 1. The van der Waals surface area contributed by atoms with E-state index in [1.165, 1.54) is 36.3 Å². The molecule has 4 rings (SSSR count). The first-order valence-electron chi connectivity index (χ1n) is 9.12. The van der Waals surface area contributed by atoms with Gasteiger partial charge in [0.1, 0.15) is 5.75 Å². The zero-order valence-electron chi connectivity index (χ0n) is 15.7.